The standard InChI is InChI=1S/C13H20O3/c1-5-12(14)11-8-10(16-9(2)3)6-7-13(11)15-4/h6-9,12,14H,5H2,1-4H3. The summed E-state index contributed by atoms with van der Waals surface area (Å²) in [5.41, 5.74) is 0.781. The average molecular weight is 224 g/mol. The van der Waals surface area contributed by atoms with Gasteiger partial charge in [0.15, 0.2) is 0 Å². The third-order valence-corrected chi connectivity index (χ3v) is 2.32. The molecule has 0 aliphatic carbocycles. The van der Waals surface area contributed by atoms with Crippen LogP contribution in [0.25, 0.3) is 0 Å². The second-order valence-corrected chi connectivity index (χ2v) is 3.99. The predicted octanol–water partition coefficient (Wildman–Crippen LogP) is 2.93. The third-order valence-electron chi connectivity index (χ3n) is 2.32. The fourth-order valence-electron chi connectivity index (χ4n) is 1.54. The summed E-state index contributed by atoms with van der Waals surface area (Å²) in [6, 6.07) is 5.52. The summed E-state index contributed by atoms with van der Waals surface area (Å²) in [6.45, 7) is 5.88. The maximum atomic E-state index is 9.86. The number of hydrogen-bond acceptors (Lipinski definition) is 3. The van der Waals surface area contributed by atoms with E-state index in [4.69, 9.17) is 9.47 Å². The van der Waals surface area contributed by atoms with E-state index in [0.29, 0.717) is 12.2 Å². The minimum atomic E-state index is -0.509. The van der Waals surface area contributed by atoms with Crippen LogP contribution in [0.5, 0.6) is 11.5 Å². The van der Waals surface area contributed by atoms with Crippen LogP contribution < -0.4 is 9.47 Å². The molecule has 3 heteroatoms. The Kier molecular flexibility index (Phi) is 4.62. The number of methoxy groups -OCH3 is 1. The van der Waals surface area contributed by atoms with Crippen LogP contribution in [0.4, 0.5) is 0 Å². The molecular weight excluding hydrogens is 204 g/mol. The molecule has 0 fully saturated rings. The SMILES string of the molecule is CCC(O)c1cc(OC(C)C)ccc1OC. The molecule has 0 bridgehead atoms. The van der Waals surface area contributed by atoms with Crippen molar-refractivity contribution in [3.8, 4) is 11.5 Å². The van der Waals surface area contributed by atoms with E-state index in [1.807, 2.05) is 39.0 Å². The van der Waals surface area contributed by atoms with Gasteiger partial charge in [-0.2, -0.15) is 0 Å². The fourth-order valence-corrected chi connectivity index (χ4v) is 1.54. The van der Waals surface area contributed by atoms with Crippen LogP contribution in [-0.4, -0.2) is 18.3 Å². The zero-order chi connectivity index (χ0) is 12.1. The minimum Gasteiger partial charge on any atom is -0.496 e. The van der Waals surface area contributed by atoms with Crippen LogP contribution in [0.1, 0.15) is 38.9 Å². The summed E-state index contributed by atoms with van der Waals surface area (Å²) in [4.78, 5) is 0. The molecular formula is C13H20O3. The van der Waals surface area contributed by atoms with E-state index >= 15 is 0 Å². The normalized spacial score (nSPS) is 12.6. The molecule has 1 atom stereocenters. The Morgan fingerprint density at radius 2 is 2.00 bits per heavy atom. The first-order valence-corrected chi connectivity index (χ1v) is 5.61. The molecule has 0 spiro atoms. The largest absolute Gasteiger partial charge is 0.496 e. The molecule has 1 rings (SSSR count). The second kappa shape index (κ2) is 5.75. The van der Waals surface area contributed by atoms with Gasteiger partial charge >= 0.3 is 0 Å². The van der Waals surface area contributed by atoms with Gasteiger partial charge in [-0.05, 0) is 38.5 Å². The molecule has 1 unspecified atom stereocenters. The first kappa shape index (κ1) is 12.8. The van der Waals surface area contributed by atoms with Crippen molar-refractivity contribution in [1.29, 1.82) is 0 Å². The Hall–Kier alpha value is -1.22. The first-order chi connectivity index (χ1) is 7.58. The number of benzene rings is 1. The molecule has 0 saturated heterocycles. The number of aliphatic hydroxyl groups is 1. The first-order valence-electron chi connectivity index (χ1n) is 5.61. The third kappa shape index (κ3) is 3.14. The van der Waals surface area contributed by atoms with Crippen LogP contribution in [0.2, 0.25) is 0 Å². The molecule has 16 heavy (non-hydrogen) atoms. The van der Waals surface area contributed by atoms with Gasteiger partial charge in [-0.3, -0.25) is 0 Å². The summed E-state index contributed by atoms with van der Waals surface area (Å²) in [5.74, 6) is 1.46. The van der Waals surface area contributed by atoms with Gasteiger partial charge in [0.2, 0.25) is 0 Å². The molecule has 0 heterocycles. The molecule has 3 nitrogen and oxygen atoms in total. The van der Waals surface area contributed by atoms with Crippen LogP contribution in [0.3, 0.4) is 0 Å². The number of rotatable bonds is 5. The lowest BCUT2D eigenvalue weighted by molar-refractivity contribution is 0.168. The predicted molar refractivity (Wildman–Crippen MR) is 64.0 cm³/mol. The van der Waals surface area contributed by atoms with E-state index in [9.17, 15) is 5.11 Å². The van der Waals surface area contributed by atoms with Crippen molar-refractivity contribution >= 4 is 0 Å². The lowest BCUT2D eigenvalue weighted by Gasteiger charge is -2.16. The van der Waals surface area contributed by atoms with E-state index in [0.717, 1.165) is 11.3 Å². The molecule has 1 N–H and O–H groups in total. The maximum absolute atomic E-state index is 9.86. The van der Waals surface area contributed by atoms with Gasteiger partial charge in [-0.1, -0.05) is 6.92 Å². The minimum absolute atomic E-state index is 0.125. The molecule has 1 aromatic carbocycles. The Morgan fingerprint density at radius 1 is 1.31 bits per heavy atom. The highest BCUT2D eigenvalue weighted by Gasteiger charge is 2.13. The fraction of sp³-hybridized carbons (Fsp3) is 0.538. The van der Waals surface area contributed by atoms with E-state index < -0.39 is 6.10 Å². The van der Waals surface area contributed by atoms with Crippen molar-refractivity contribution in [2.24, 2.45) is 0 Å². The molecule has 0 aromatic heterocycles. The van der Waals surface area contributed by atoms with Gasteiger partial charge in [-0.25, -0.2) is 0 Å². The zero-order valence-electron chi connectivity index (χ0n) is 10.4. The molecule has 0 amide bonds. The maximum Gasteiger partial charge on any atom is 0.124 e. The zero-order valence-corrected chi connectivity index (χ0v) is 10.4. The Morgan fingerprint density at radius 3 is 2.50 bits per heavy atom. The second-order valence-electron chi connectivity index (χ2n) is 3.99. The highest BCUT2D eigenvalue weighted by molar-refractivity contribution is 5.41. The average Bonchev–Trinajstić information content (AvgIpc) is 2.27. The number of ether oxygens (including phenoxy) is 2. The highest BCUT2D eigenvalue weighted by Crippen LogP contribution is 2.31. The Labute approximate surface area is 97.0 Å². The van der Waals surface area contributed by atoms with Crippen LogP contribution >= 0.6 is 0 Å². The van der Waals surface area contributed by atoms with Gasteiger partial charge in [-0.15, -0.1) is 0 Å². The summed E-state index contributed by atoms with van der Waals surface area (Å²) < 4.78 is 10.8. The van der Waals surface area contributed by atoms with Gasteiger partial charge in [0, 0.05) is 5.56 Å². The van der Waals surface area contributed by atoms with Crippen molar-refractivity contribution in [1.82, 2.24) is 0 Å². The Bertz CT molecular complexity index is 334. The van der Waals surface area contributed by atoms with Gasteiger partial charge in [0.25, 0.3) is 0 Å². The van der Waals surface area contributed by atoms with Crippen LogP contribution in [0.15, 0.2) is 18.2 Å². The smallest absolute Gasteiger partial charge is 0.124 e. The van der Waals surface area contributed by atoms with Crippen LogP contribution in [0, 0.1) is 0 Å². The Balaban J connectivity index is 3.01. The molecule has 90 valence electrons. The molecule has 0 aliphatic heterocycles. The highest BCUT2D eigenvalue weighted by atomic mass is 16.5. The van der Waals surface area contributed by atoms with Crippen molar-refractivity contribution in [2.45, 2.75) is 39.4 Å². The van der Waals surface area contributed by atoms with E-state index in [1.165, 1.54) is 0 Å². The summed E-state index contributed by atoms with van der Waals surface area (Å²) in [6.07, 6.45) is 0.271. The van der Waals surface area contributed by atoms with Crippen molar-refractivity contribution < 1.29 is 14.6 Å². The summed E-state index contributed by atoms with van der Waals surface area (Å²) in [7, 11) is 1.60. The van der Waals surface area contributed by atoms with Crippen molar-refractivity contribution in [2.75, 3.05) is 7.11 Å². The van der Waals surface area contributed by atoms with Crippen molar-refractivity contribution in [3.63, 3.8) is 0 Å². The summed E-state index contributed by atoms with van der Waals surface area (Å²) >= 11 is 0. The van der Waals surface area contributed by atoms with Gasteiger partial charge in [0.05, 0.1) is 19.3 Å². The van der Waals surface area contributed by atoms with E-state index in [1.54, 1.807) is 7.11 Å². The van der Waals surface area contributed by atoms with Gasteiger partial charge in [0.1, 0.15) is 11.5 Å². The topological polar surface area (TPSA) is 38.7 Å². The number of aliphatic hydroxyl groups excluding tert-OH is 1. The molecule has 1 aromatic rings. The lowest BCUT2D eigenvalue weighted by Crippen LogP contribution is -2.07. The monoisotopic (exact) mass is 224 g/mol. The van der Waals surface area contributed by atoms with Gasteiger partial charge < -0.3 is 14.6 Å². The van der Waals surface area contributed by atoms with E-state index in [2.05, 4.69) is 0 Å². The molecule has 0 saturated carbocycles. The van der Waals surface area contributed by atoms with E-state index in [-0.39, 0.29) is 6.10 Å². The summed E-state index contributed by atoms with van der Waals surface area (Å²) in [5, 5.41) is 9.86. The van der Waals surface area contributed by atoms with Crippen LogP contribution in [-0.2, 0) is 0 Å². The molecule has 0 radical (unpaired) electrons. The van der Waals surface area contributed by atoms with Crippen molar-refractivity contribution in [3.05, 3.63) is 23.8 Å². The lowest BCUT2D eigenvalue weighted by atomic mass is 10.1. The quantitative estimate of drug-likeness (QED) is 0.835. The number of hydrogen-bond donors (Lipinski definition) is 1. The molecule has 0 aliphatic rings.